The molecule has 1 saturated heterocycles. The van der Waals surface area contributed by atoms with Gasteiger partial charge in [0.1, 0.15) is 35.1 Å². The van der Waals surface area contributed by atoms with Gasteiger partial charge in [0, 0.05) is 31.1 Å². The van der Waals surface area contributed by atoms with Crippen LogP contribution in [-0.4, -0.2) is 65.0 Å². The fraction of sp³-hybridized carbons (Fsp3) is 0.393. The van der Waals surface area contributed by atoms with Gasteiger partial charge in [0.15, 0.2) is 5.58 Å². The fourth-order valence-electron chi connectivity index (χ4n) is 5.40. The molecule has 0 spiro atoms. The molecule has 3 aliphatic rings. The summed E-state index contributed by atoms with van der Waals surface area (Å²) in [7, 11) is 0. The SMILES string of the molecule is O=C(Nc1ccc(Cl)cn1)c1oc2ccc(C3=CCCO3)nc2c1NC(=O)C1CCC(N2CCOCC2=O)CC1. The van der Waals surface area contributed by atoms with Crippen LogP contribution in [-0.2, 0) is 19.1 Å². The summed E-state index contributed by atoms with van der Waals surface area (Å²) < 4.78 is 16.8. The first-order valence-electron chi connectivity index (χ1n) is 13.3. The lowest BCUT2D eigenvalue weighted by Crippen LogP contribution is -2.49. The Balaban J connectivity index is 1.24. The van der Waals surface area contributed by atoms with E-state index in [1.807, 2.05) is 11.0 Å². The van der Waals surface area contributed by atoms with E-state index in [1.165, 1.54) is 6.20 Å². The maximum Gasteiger partial charge on any atom is 0.294 e. The van der Waals surface area contributed by atoms with Crippen LogP contribution in [0.25, 0.3) is 16.9 Å². The molecule has 0 unspecified atom stereocenters. The van der Waals surface area contributed by atoms with E-state index in [9.17, 15) is 14.4 Å². The van der Waals surface area contributed by atoms with Crippen molar-refractivity contribution < 1.29 is 28.3 Å². The Morgan fingerprint density at radius 2 is 1.90 bits per heavy atom. The molecule has 0 radical (unpaired) electrons. The van der Waals surface area contributed by atoms with Gasteiger partial charge < -0.3 is 29.4 Å². The zero-order chi connectivity index (χ0) is 27.6. The molecular weight excluding hydrogens is 538 g/mol. The largest absolute Gasteiger partial charge is 0.491 e. The van der Waals surface area contributed by atoms with Crippen molar-refractivity contribution in [2.75, 3.05) is 37.0 Å². The Morgan fingerprint density at radius 3 is 2.62 bits per heavy atom. The highest BCUT2D eigenvalue weighted by Gasteiger charge is 2.34. The number of carbonyl (C=O) groups is 3. The fourth-order valence-corrected chi connectivity index (χ4v) is 5.51. The maximum atomic E-state index is 13.5. The molecule has 2 N–H and O–H groups in total. The van der Waals surface area contributed by atoms with Crippen LogP contribution in [0.15, 0.2) is 41.0 Å². The standard InChI is InChI=1S/C28H28ClN5O6/c29-17-5-10-22(30-14-17)32-28(37)26-25(24-21(40-26)9-8-19(31-24)20-2-1-12-39-20)33-27(36)16-3-6-18(7-4-16)34-11-13-38-15-23(34)35/h2,5,8-10,14,16,18H,1,3-4,6-7,11-13,15H2,(H,33,36)(H,30,32,37). The number of morpholine rings is 1. The minimum atomic E-state index is -0.587. The van der Waals surface area contributed by atoms with Gasteiger partial charge in [0.25, 0.3) is 5.91 Å². The highest BCUT2D eigenvalue weighted by molar-refractivity contribution is 6.30. The van der Waals surface area contributed by atoms with Crippen LogP contribution in [0.3, 0.4) is 0 Å². The monoisotopic (exact) mass is 565 g/mol. The minimum Gasteiger partial charge on any atom is -0.491 e. The number of anilines is 2. The molecule has 208 valence electrons. The predicted molar refractivity (Wildman–Crippen MR) is 147 cm³/mol. The second-order valence-corrected chi connectivity index (χ2v) is 10.4. The van der Waals surface area contributed by atoms with E-state index in [0.717, 1.165) is 19.3 Å². The van der Waals surface area contributed by atoms with Crippen LogP contribution in [0, 0.1) is 5.92 Å². The highest BCUT2D eigenvalue weighted by atomic mass is 35.5. The quantitative estimate of drug-likeness (QED) is 0.453. The van der Waals surface area contributed by atoms with E-state index in [1.54, 1.807) is 24.3 Å². The molecule has 0 bridgehead atoms. The Morgan fingerprint density at radius 1 is 1.05 bits per heavy atom. The molecule has 1 saturated carbocycles. The number of rotatable bonds is 6. The zero-order valence-corrected chi connectivity index (χ0v) is 22.4. The van der Waals surface area contributed by atoms with Crippen molar-refractivity contribution in [2.45, 2.75) is 38.1 Å². The third-order valence-corrected chi connectivity index (χ3v) is 7.67. The number of amides is 3. The first-order valence-corrected chi connectivity index (χ1v) is 13.7. The Kier molecular flexibility index (Phi) is 7.40. The van der Waals surface area contributed by atoms with Gasteiger partial charge in [-0.15, -0.1) is 0 Å². The van der Waals surface area contributed by atoms with Crippen LogP contribution in [0.1, 0.15) is 48.4 Å². The Hall–Kier alpha value is -3.96. The van der Waals surface area contributed by atoms with Crippen molar-refractivity contribution in [3.8, 4) is 0 Å². The van der Waals surface area contributed by atoms with E-state index in [4.69, 9.17) is 25.5 Å². The van der Waals surface area contributed by atoms with Crippen molar-refractivity contribution in [2.24, 2.45) is 5.92 Å². The molecule has 40 heavy (non-hydrogen) atoms. The minimum absolute atomic E-state index is 0.00177. The second kappa shape index (κ2) is 11.3. The van der Waals surface area contributed by atoms with E-state index >= 15 is 0 Å². The number of ether oxygens (including phenoxy) is 2. The molecule has 3 amide bonds. The highest BCUT2D eigenvalue weighted by Crippen LogP contribution is 2.35. The average molecular weight is 566 g/mol. The van der Waals surface area contributed by atoms with E-state index in [0.29, 0.717) is 60.2 Å². The zero-order valence-electron chi connectivity index (χ0n) is 21.7. The summed E-state index contributed by atoms with van der Waals surface area (Å²) in [6.45, 7) is 1.80. The molecule has 11 nitrogen and oxygen atoms in total. The first kappa shape index (κ1) is 26.3. The lowest BCUT2D eigenvalue weighted by molar-refractivity contribution is -0.146. The molecule has 2 fully saturated rings. The predicted octanol–water partition coefficient (Wildman–Crippen LogP) is 4.25. The molecule has 0 atom stereocenters. The van der Waals surface area contributed by atoms with Crippen molar-refractivity contribution >= 4 is 57.7 Å². The third-order valence-electron chi connectivity index (χ3n) is 7.45. The van der Waals surface area contributed by atoms with Crippen LogP contribution >= 0.6 is 11.6 Å². The topological polar surface area (TPSA) is 136 Å². The molecule has 3 aromatic rings. The lowest BCUT2D eigenvalue weighted by Gasteiger charge is -2.38. The van der Waals surface area contributed by atoms with Gasteiger partial charge in [-0.2, -0.15) is 0 Å². The number of hydrogen-bond acceptors (Lipinski definition) is 8. The molecule has 6 rings (SSSR count). The van der Waals surface area contributed by atoms with Crippen LogP contribution in [0.5, 0.6) is 0 Å². The summed E-state index contributed by atoms with van der Waals surface area (Å²) in [5.41, 5.74) is 1.48. The normalized spacial score (nSPS) is 21.2. The third kappa shape index (κ3) is 5.39. The molecule has 5 heterocycles. The number of carbonyl (C=O) groups excluding carboxylic acids is 3. The number of aromatic nitrogens is 2. The van der Waals surface area contributed by atoms with E-state index in [-0.39, 0.29) is 47.6 Å². The van der Waals surface area contributed by atoms with Crippen LogP contribution < -0.4 is 10.6 Å². The van der Waals surface area contributed by atoms with Gasteiger partial charge in [-0.05, 0) is 56.0 Å². The second-order valence-electron chi connectivity index (χ2n) is 10.0. The summed E-state index contributed by atoms with van der Waals surface area (Å²) in [5.74, 6) is -0.256. The maximum absolute atomic E-state index is 13.5. The molecule has 2 aliphatic heterocycles. The Bertz CT molecular complexity index is 1480. The lowest BCUT2D eigenvalue weighted by atomic mass is 9.84. The average Bonchev–Trinajstić information content (AvgIpc) is 3.63. The van der Waals surface area contributed by atoms with Crippen molar-refractivity contribution in [3.63, 3.8) is 0 Å². The van der Waals surface area contributed by atoms with Gasteiger partial charge in [-0.1, -0.05) is 11.6 Å². The summed E-state index contributed by atoms with van der Waals surface area (Å²) in [5, 5.41) is 6.06. The first-order chi connectivity index (χ1) is 19.5. The molecule has 1 aliphatic carbocycles. The summed E-state index contributed by atoms with van der Waals surface area (Å²) >= 11 is 5.91. The van der Waals surface area contributed by atoms with Crippen LogP contribution in [0.2, 0.25) is 5.02 Å². The summed E-state index contributed by atoms with van der Waals surface area (Å²) in [6.07, 6.45) is 6.83. The van der Waals surface area contributed by atoms with E-state index in [2.05, 4.69) is 20.6 Å². The van der Waals surface area contributed by atoms with Crippen molar-refractivity contribution in [1.29, 1.82) is 0 Å². The number of nitrogens with zero attached hydrogens (tertiary/aromatic N) is 3. The summed E-state index contributed by atoms with van der Waals surface area (Å²) in [4.78, 5) is 49.7. The van der Waals surface area contributed by atoms with Gasteiger partial charge in [-0.3, -0.25) is 14.4 Å². The number of fused-ring (bicyclic) bond motifs is 1. The number of pyridine rings is 2. The number of nitrogens with one attached hydrogen (secondary N) is 2. The van der Waals surface area contributed by atoms with Gasteiger partial charge in [-0.25, -0.2) is 9.97 Å². The van der Waals surface area contributed by atoms with Crippen molar-refractivity contribution in [1.82, 2.24) is 14.9 Å². The van der Waals surface area contributed by atoms with Gasteiger partial charge in [0.2, 0.25) is 17.6 Å². The number of furan rings is 1. The van der Waals surface area contributed by atoms with E-state index < -0.39 is 5.91 Å². The molecular formula is C28H28ClN5O6. The van der Waals surface area contributed by atoms with Gasteiger partial charge in [0.05, 0.1) is 18.2 Å². The van der Waals surface area contributed by atoms with Crippen LogP contribution in [0.4, 0.5) is 11.5 Å². The molecule has 0 aromatic carbocycles. The molecule has 3 aromatic heterocycles. The number of hydrogen-bond donors (Lipinski definition) is 2. The molecule has 12 heteroatoms. The number of halogens is 1. The smallest absolute Gasteiger partial charge is 0.294 e. The van der Waals surface area contributed by atoms with Crippen molar-refractivity contribution in [3.05, 3.63) is 53.0 Å². The Labute approximate surface area is 234 Å². The summed E-state index contributed by atoms with van der Waals surface area (Å²) in [6, 6.07) is 6.74. The van der Waals surface area contributed by atoms with Gasteiger partial charge >= 0.3 is 0 Å².